The lowest BCUT2D eigenvalue weighted by Crippen LogP contribution is -2.48. The number of fused-ring (bicyclic) bond motifs is 10. The molecule has 7 aromatic carbocycles. The van der Waals surface area contributed by atoms with Gasteiger partial charge in [-0.2, -0.15) is 0 Å². The summed E-state index contributed by atoms with van der Waals surface area (Å²) < 4.78 is 16.5. The van der Waals surface area contributed by atoms with Crippen LogP contribution < -0.4 is 54.6 Å². The van der Waals surface area contributed by atoms with E-state index in [0.717, 1.165) is 61.0 Å². The second kappa shape index (κ2) is 13.6. The predicted molar refractivity (Wildman–Crippen MR) is 287 cm³/mol. The summed E-state index contributed by atoms with van der Waals surface area (Å²) >= 11 is 0. The Hall–Kier alpha value is -6.40. The topological polar surface area (TPSA) is 69.9 Å². The fraction of sp³-hybridized carbons (Fsp3) is 0. The highest BCUT2D eigenvalue weighted by Gasteiger charge is 2.28. The van der Waals surface area contributed by atoms with E-state index >= 15 is 0 Å². The van der Waals surface area contributed by atoms with Crippen molar-refractivity contribution in [2.24, 2.45) is 0 Å². The fourth-order valence-electron chi connectivity index (χ4n) is 9.91. The number of rotatable bonds is 4. The van der Waals surface area contributed by atoms with Gasteiger partial charge in [0.2, 0.25) is 0 Å². The predicted octanol–water partition coefficient (Wildman–Crippen LogP) is -5.65. The van der Waals surface area contributed by atoms with Gasteiger partial charge in [0.05, 0.1) is 11.2 Å². The van der Waals surface area contributed by atoms with Gasteiger partial charge in [0.15, 0.2) is 23.1 Å². The molecule has 4 aromatic heterocycles. The quantitative estimate of drug-likeness (QED) is 0.167. The summed E-state index contributed by atoms with van der Waals surface area (Å²) in [5.41, 5.74) is 22.4. The lowest BCUT2D eigenvalue weighted by atomic mass is 9.64. The number of furan rings is 2. The molecule has 0 spiro atoms. The molecule has 0 atom stereocenters. The zero-order valence-corrected chi connectivity index (χ0v) is 36.3. The third-order valence-corrected chi connectivity index (χ3v) is 14.1. The van der Waals surface area contributed by atoms with Crippen molar-refractivity contribution in [3.63, 3.8) is 0 Å². The summed E-state index contributed by atoms with van der Waals surface area (Å²) in [6.45, 7) is 0. The number of nitrogens with zero attached hydrogens (tertiary/aromatic N) is 4. The minimum atomic E-state index is 0.592. The van der Waals surface area contributed by atoms with Crippen LogP contribution in [0.5, 0.6) is 0 Å². The minimum absolute atomic E-state index is 0.592. The van der Waals surface area contributed by atoms with Gasteiger partial charge in [-0.05, 0) is 29.7 Å². The van der Waals surface area contributed by atoms with Crippen molar-refractivity contribution >= 4 is 199 Å². The first-order valence-corrected chi connectivity index (χ1v) is 21.1. The Balaban J connectivity index is 1.17. The average Bonchev–Trinajstić information content (AvgIpc) is 3.98. The summed E-state index contributed by atoms with van der Waals surface area (Å²) in [6, 6.07) is 33.1. The van der Waals surface area contributed by atoms with Crippen LogP contribution in [0.1, 0.15) is 0 Å². The monoisotopic (exact) mass is 774 g/mol. The second-order valence-corrected chi connectivity index (χ2v) is 17.1. The van der Waals surface area contributed by atoms with Crippen LogP contribution in [0.2, 0.25) is 0 Å². The van der Waals surface area contributed by atoms with E-state index < -0.39 is 0 Å². The van der Waals surface area contributed by atoms with Gasteiger partial charge in [-0.3, -0.25) is 0 Å². The van der Waals surface area contributed by atoms with E-state index in [1.807, 2.05) is 60.7 Å². The molecule has 4 heterocycles. The first-order valence-electron chi connectivity index (χ1n) is 21.1. The van der Waals surface area contributed by atoms with Gasteiger partial charge in [0, 0.05) is 55.2 Å². The van der Waals surface area contributed by atoms with Gasteiger partial charge in [0.1, 0.15) is 95.2 Å². The summed E-state index contributed by atoms with van der Waals surface area (Å²) in [4.78, 5) is 14.9. The van der Waals surface area contributed by atoms with Crippen molar-refractivity contribution in [2.45, 2.75) is 0 Å². The highest BCUT2D eigenvalue weighted by Crippen LogP contribution is 2.39. The molecule has 278 valence electrons. The lowest BCUT2D eigenvalue weighted by molar-refractivity contribution is 0.668. The Morgan fingerprint density at radius 1 is 0.361 bits per heavy atom. The molecule has 6 nitrogen and oxygen atoms in total. The fourth-order valence-corrected chi connectivity index (χ4v) is 9.91. The molecule has 11 aromatic rings. The van der Waals surface area contributed by atoms with Crippen LogP contribution in [-0.4, -0.2) is 98.0 Å². The molecule has 16 heteroatoms. The maximum atomic E-state index is 7.18. The highest BCUT2D eigenvalue weighted by atomic mass is 16.3. The molecule has 0 N–H and O–H groups in total. The maximum Gasteiger partial charge on any atom is 0.164 e. The van der Waals surface area contributed by atoms with Crippen molar-refractivity contribution in [3.8, 4) is 39.9 Å². The van der Waals surface area contributed by atoms with Gasteiger partial charge in [-0.15, -0.1) is 10.9 Å². The third kappa shape index (κ3) is 5.33. The van der Waals surface area contributed by atoms with Crippen LogP contribution in [0.4, 0.5) is 0 Å². The molecule has 61 heavy (non-hydrogen) atoms. The number of aromatic nitrogens is 4. The van der Waals surface area contributed by atoms with Crippen LogP contribution in [0, 0.1) is 0 Å². The standard InChI is InChI=1S/C45H36B10N4O2/c46-29-26-25-30(47)33(50)35(52)37(54)39(25)59(40(26)42-28(31(29)48)27-32(49)34(51)36(53)38(55)41(27)61-42)20-12-14-22-21-13-11-19(15-23(21)60-24(22)16-20)45-57-43(17-7-3-1-4-8-17)56-44(58-45)18-9-5-2-6-10-18/h1-16H,46-55H2. The van der Waals surface area contributed by atoms with E-state index in [1.54, 1.807) is 0 Å². The lowest BCUT2D eigenvalue weighted by Gasteiger charge is -2.15. The molecule has 11 rings (SSSR count). The molecule has 0 bridgehead atoms. The Kier molecular flexibility index (Phi) is 8.35. The maximum absolute atomic E-state index is 7.18. The van der Waals surface area contributed by atoms with E-state index in [9.17, 15) is 0 Å². The van der Waals surface area contributed by atoms with Crippen LogP contribution in [-0.2, 0) is 0 Å². The molecule has 0 fully saturated rings. The molecule has 0 aliphatic heterocycles. The molecule has 0 aliphatic carbocycles. The highest BCUT2D eigenvalue weighted by molar-refractivity contribution is 6.71. The van der Waals surface area contributed by atoms with Crippen molar-refractivity contribution in [3.05, 3.63) is 97.1 Å². The van der Waals surface area contributed by atoms with Gasteiger partial charge in [0.25, 0.3) is 0 Å². The van der Waals surface area contributed by atoms with Crippen LogP contribution in [0.3, 0.4) is 0 Å². The number of hydrogen-bond donors (Lipinski definition) is 0. The first kappa shape index (κ1) is 37.6. The van der Waals surface area contributed by atoms with Gasteiger partial charge >= 0.3 is 0 Å². The number of hydrogen-bond acceptors (Lipinski definition) is 5. The molecule has 0 radical (unpaired) electrons. The molecule has 0 unspecified atom stereocenters. The normalized spacial score (nSPS) is 11.9. The van der Waals surface area contributed by atoms with E-state index in [-0.39, 0.29) is 0 Å². The molecular formula is C45H36B10N4O2. The second-order valence-electron chi connectivity index (χ2n) is 17.1. The molecule has 0 amide bonds. The molecule has 0 saturated carbocycles. The largest absolute Gasteiger partial charge is 0.456 e. The summed E-state index contributed by atoms with van der Waals surface area (Å²) in [6.07, 6.45) is 0. The van der Waals surface area contributed by atoms with Crippen molar-refractivity contribution in [1.82, 2.24) is 19.5 Å². The van der Waals surface area contributed by atoms with Crippen LogP contribution in [0.25, 0.3) is 106 Å². The van der Waals surface area contributed by atoms with E-state index in [1.165, 1.54) is 81.7 Å². The number of benzene rings is 7. The Labute approximate surface area is 362 Å². The Morgan fingerprint density at radius 3 is 1.44 bits per heavy atom. The van der Waals surface area contributed by atoms with E-state index in [4.69, 9.17) is 23.8 Å². The van der Waals surface area contributed by atoms with Gasteiger partial charge in [-0.25, -0.2) is 15.0 Å². The van der Waals surface area contributed by atoms with Crippen LogP contribution >= 0.6 is 0 Å². The van der Waals surface area contributed by atoms with Gasteiger partial charge in [-0.1, -0.05) is 110 Å². The average molecular weight is 773 g/mol. The minimum Gasteiger partial charge on any atom is -0.456 e. The Bertz CT molecular complexity index is 3660. The molecule has 0 aliphatic rings. The van der Waals surface area contributed by atoms with Crippen LogP contribution in [0.15, 0.2) is 106 Å². The zero-order valence-electron chi connectivity index (χ0n) is 36.3. The molecular weight excluding hydrogens is 737 g/mol. The van der Waals surface area contributed by atoms with E-state index in [0.29, 0.717) is 17.5 Å². The SMILES string of the molecule is Bc1c(B)c(B)c2c(oc3c2c(B)c(B)c2c4c(B)c(B)c(B)c(B)c4n(-c4ccc5c(c4)oc4cc(-c6nc(-c7ccccc7)nc(-c7ccccc7)n6)ccc45)c32)c1B. The first-order chi connectivity index (χ1) is 29.4. The summed E-state index contributed by atoms with van der Waals surface area (Å²) in [5.74, 6) is 1.84. The van der Waals surface area contributed by atoms with Crippen molar-refractivity contribution in [1.29, 1.82) is 0 Å². The van der Waals surface area contributed by atoms with Crippen molar-refractivity contribution in [2.75, 3.05) is 0 Å². The third-order valence-electron chi connectivity index (χ3n) is 14.1. The zero-order chi connectivity index (χ0) is 42.2. The molecule has 0 saturated heterocycles. The van der Waals surface area contributed by atoms with E-state index in [2.05, 4.69) is 119 Å². The Morgan fingerprint density at radius 2 is 0.820 bits per heavy atom. The van der Waals surface area contributed by atoms with Crippen molar-refractivity contribution < 1.29 is 8.83 Å². The summed E-state index contributed by atoms with van der Waals surface area (Å²) in [5, 5.41) is 7.06. The van der Waals surface area contributed by atoms with Gasteiger partial charge < -0.3 is 13.4 Å². The smallest absolute Gasteiger partial charge is 0.164 e. The summed E-state index contributed by atoms with van der Waals surface area (Å²) in [7, 11) is 22.6.